The molecule has 19 heavy (non-hydrogen) atoms. The van der Waals surface area contributed by atoms with Gasteiger partial charge in [-0.2, -0.15) is 0 Å². The van der Waals surface area contributed by atoms with Crippen LogP contribution in [0.3, 0.4) is 0 Å². The van der Waals surface area contributed by atoms with E-state index in [-0.39, 0.29) is 0 Å². The van der Waals surface area contributed by atoms with Crippen LogP contribution < -0.4 is 0 Å². The fraction of sp³-hybridized carbons (Fsp3) is 0.389. The highest BCUT2D eigenvalue weighted by molar-refractivity contribution is 5.90. The molecule has 0 radical (unpaired) electrons. The van der Waals surface area contributed by atoms with E-state index in [0.717, 1.165) is 6.42 Å². The van der Waals surface area contributed by atoms with Crippen molar-refractivity contribution in [2.75, 3.05) is 0 Å². The highest BCUT2D eigenvalue weighted by Crippen LogP contribution is 2.28. The van der Waals surface area contributed by atoms with Crippen molar-refractivity contribution in [1.29, 1.82) is 0 Å². The summed E-state index contributed by atoms with van der Waals surface area (Å²) in [5, 5.41) is 2.46. The summed E-state index contributed by atoms with van der Waals surface area (Å²) in [7, 11) is 0. The predicted octanol–water partition coefficient (Wildman–Crippen LogP) is 4.53. The zero-order chi connectivity index (χ0) is 13.1. The van der Waals surface area contributed by atoms with E-state index in [0.29, 0.717) is 18.1 Å². The lowest BCUT2D eigenvalue weighted by Crippen LogP contribution is -2.08. The molecule has 0 atom stereocenters. The van der Waals surface area contributed by atoms with E-state index in [9.17, 15) is 4.79 Å². The Bertz CT molecular complexity index is 574. The molecule has 1 saturated carbocycles. The Balaban J connectivity index is 1.75. The summed E-state index contributed by atoms with van der Waals surface area (Å²) in [6.45, 7) is 0. The van der Waals surface area contributed by atoms with Gasteiger partial charge in [0.1, 0.15) is 5.78 Å². The molecule has 98 valence electrons. The summed E-state index contributed by atoms with van der Waals surface area (Å²) in [6, 6.07) is 14.6. The van der Waals surface area contributed by atoms with Gasteiger partial charge in [0.05, 0.1) is 0 Å². The average Bonchev–Trinajstić information content (AvgIpc) is 2.92. The molecule has 1 aliphatic carbocycles. The quantitative estimate of drug-likeness (QED) is 0.781. The summed E-state index contributed by atoms with van der Waals surface area (Å²) < 4.78 is 0. The molecule has 0 saturated heterocycles. The summed E-state index contributed by atoms with van der Waals surface area (Å²) in [5.41, 5.74) is 1.18. The number of carbonyl (C=O) groups is 1. The largest absolute Gasteiger partial charge is 0.299 e. The number of ketones is 1. The molecule has 0 aliphatic heterocycles. The fourth-order valence-corrected chi connectivity index (χ4v) is 3.27. The van der Waals surface area contributed by atoms with Crippen molar-refractivity contribution in [3.63, 3.8) is 0 Å². The Morgan fingerprint density at radius 1 is 1.00 bits per heavy atom. The van der Waals surface area contributed by atoms with Crippen molar-refractivity contribution in [2.45, 2.75) is 38.5 Å². The average molecular weight is 252 g/mol. The predicted molar refractivity (Wildman–Crippen MR) is 79.2 cm³/mol. The molecule has 0 amide bonds. The zero-order valence-corrected chi connectivity index (χ0v) is 11.3. The number of rotatable bonds is 4. The molecule has 3 rings (SSSR count). The number of hydrogen-bond acceptors (Lipinski definition) is 1. The highest BCUT2D eigenvalue weighted by atomic mass is 16.1. The number of benzene rings is 2. The van der Waals surface area contributed by atoms with Crippen LogP contribution in [0.25, 0.3) is 10.8 Å². The summed E-state index contributed by atoms with van der Waals surface area (Å²) in [4.78, 5) is 12.2. The van der Waals surface area contributed by atoms with Gasteiger partial charge in [0.2, 0.25) is 0 Å². The molecule has 0 N–H and O–H groups in total. The van der Waals surface area contributed by atoms with Crippen LogP contribution in [0.2, 0.25) is 0 Å². The molecule has 1 heteroatoms. The monoisotopic (exact) mass is 252 g/mol. The lowest BCUT2D eigenvalue weighted by Gasteiger charge is -2.09. The van der Waals surface area contributed by atoms with Gasteiger partial charge >= 0.3 is 0 Å². The summed E-state index contributed by atoms with van der Waals surface area (Å²) in [5.74, 6) is 1.06. The Hall–Kier alpha value is -1.63. The lowest BCUT2D eigenvalue weighted by atomic mass is 9.95. The van der Waals surface area contributed by atoms with Gasteiger partial charge < -0.3 is 0 Å². The van der Waals surface area contributed by atoms with Gasteiger partial charge in [0.15, 0.2) is 0 Å². The number of fused-ring (bicyclic) bond motifs is 1. The van der Waals surface area contributed by atoms with Gasteiger partial charge in [-0.25, -0.2) is 0 Å². The van der Waals surface area contributed by atoms with Gasteiger partial charge in [-0.15, -0.1) is 0 Å². The third-order valence-corrected chi connectivity index (χ3v) is 4.26. The minimum Gasteiger partial charge on any atom is -0.299 e. The maximum atomic E-state index is 12.2. The minimum atomic E-state index is 0.406. The van der Waals surface area contributed by atoms with E-state index >= 15 is 0 Å². The minimum absolute atomic E-state index is 0.406. The second kappa shape index (κ2) is 5.56. The first-order valence-corrected chi connectivity index (χ1v) is 7.31. The summed E-state index contributed by atoms with van der Waals surface area (Å²) >= 11 is 0. The second-order valence-electron chi connectivity index (χ2n) is 5.71. The van der Waals surface area contributed by atoms with E-state index in [4.69, 9.17) is 0 Å². The third-order valence-electron chi connectivity index (χ3n) is 4.26. The Labute approximate surface area is 114 Å². The fourth-order valence-electron chi connectivity index (χ4n) is 3.27. The Morgan fingerprint density at radius 3 is 2.58 bits per heavy atom. The van der Waals surface area contributed by atoms with Crippen molar-refractivity contribution < 1.29 is 4.79 Å². The molecular weight excluding hydrogens is 232 g/mol. The molecule has 1 aliphatic rings. The van der Waals surface area contributed by atoms with E-state index in [2.05, 4.69) is 30.3 Å². The molecule has 0 heterocycles. The van der Waals surface area contributed by atoms with Gasteiger partial charge in [-0.05, 0) is 22.3 Å². The van der Waals surface area contributed by atoms with Crippen LogP contribution in [0.4, 0.5) is 0 Å². The van der Waals surface area contributed by atoms with Gasteiger partial charge in [-0.1, -0.05) is 68.1 Å². The first-order chi connectivity index (χ1) is 9.33. The SMILES string of the molecule is O=C(Cc1cccc2ccccc12)CC1CCCC1. The van der Waals surface area contributed by atoms with Crippen LogP contribution >= 0.6 is 0 Å². The summed E-state index contributed by atoms with van der Waals surface area (Å²) in [6.07, 6.45) is 6.50. The lowest BCUT2D eigenvalue weighted by molar-refractivity contribution is -0.119. The van der Waals surface area contributed by atoms with Crippen molar-refractivity contribution in [3.8, 4) is 0 Å². The normalized spacial score (nSPS) is 16.0. The van der Waals surface area contributed by atoms with E-state index in [1.807, 2.05) is 12.1 Å². The number of carbonyl (C=O) groups excluding carboxylic acids is 1. The molecule has 0 bridgehead atoms. The van der Waals surface area contributed by atoms with E-state index in [1.54, 1.807) is 0 Å². The molecule has 0 unspecified atom stereocenters. The third kappa shape index (κ3) is 2.86. The molecule has 1 fully saturated rings. The van der Waals surface area contributed by atoms with Gasteiger partial charge in [-0.3, -0.25) is 4.79 Å². The molecule has 2 aromatic rings. The maximum Gasteiger partial charge on any atom is 0.137 e. The van der Waals surface area contributed by atoms with E-state index < -0.39 is 0 Å². The molecule has 2 aromatic carbocycles. The molecule has 1 nitrogen and oxygen atoms in total. The van der Waals surface area contributed by atoms with Crippen LogP contribution in [0.1, 0.15) is 37.7 Å². The van der Waals surface area contributed by atoms with Gasteiger partial charge in [0, 0.05) is 12.8 Å². The highest BCUT2D eigenvalue weighted by Gasteiger charge is 2.18. The van der Waals surface area contributed by atoms with Crippen molar-refractivity contribution in [3.05, 3.63) is 48.0 Å². The van der Waals surface area contributed by atoms with E-state index in [1.165, 1.54) is 42.0 Å². The number of Topliss-reactive ketones (excluding diaryl/α,β-unsaturated/α-hetero) is 1. The molecular formula is C18H20O. The first-order valence-electron chi connectivity index (χ1n) is 7.31. The topological polar surface area (TPSA) is 17.1 Å². The zero-order valence-electron chi connectivity index (χ0n) is 11.3. The first kappa shape index (κ1) is 12.4. The van der Waals surface area contributed by atoms with Crippen LogP contribution in [0.15, 0.2) is 42.5 Å². The second-order valence-corrected chi connectivity index (χ2v) is 5.71. The van der Waals surface area contributed by atoms with Crippen LogP contribution in [0, 0.1) is 5.92 Å². The number of hydrogen-bond donors (Lipinski definition) is 0. The smallest absolute Gasteiger partial charge is 0.137 e. The van der Waals surface area contributed by atoms with Crippen molar-refractivity contribution >= 4 is 16.6 Å². The molecule has 0 spiro atoms. The Morgan fingerprint density at radius 2 is 1.74 bits per heavy atom. The van der Waals surface area contributed by atoms with Crippen LogP contribution in [-0.4, -0.2) is 5.78 Å². The van der Waals surface area contributed by atoms with Crippen LogP contribution in [0.5, 0.6) is 0 Å². The molecule has 0 aromatic heterocycles. The van der Waals surface area contributed by atoms with Gasteiger partial charge in [0.25, 0.3) is 0 Å². The maximum absolute atomic E-state index is 12.2. The van der Waals surface area contributed by atoms with Crippen LogP contribution in [-0.2, 0) is 11.2 Å². The van der Waals surface area contributed by atoms with Crippen molar-refractivity contribution in [1.82, 2.24) is 0 Å². The van der Waals surface area contributed by atoms with Crippen molar-refractivity contribution in [2.24, 2.45) is 5.92 Å². The Kier molecular flexibility index (Phi) is 3.63. The standard InChI is InChI=1S/C18H20O/c19-17(12-14-6-1-2-7-14)13-16-10-5-9-15-8-3-4-11-18(15)16/h3-5,8-11,14H,1-2,6-7,12-13H2.